The molecule has 23 heavy (non-hydrogen) atoms. The van der Waals surface area contributed by atoms with E-state index in [4.69, 9.17) is 0 Å². The van der Waals surface area contributed by atoms with E-state index in [1.807, 2.05) is 0 Å². The molecule has 2 heterocycles. The summed E-state index contributed by atoms with van der Waals surface area (Å²) in [5, 5.41) is 0. The van der Waals surface area contributed by atoms with Crippen LogP contribution in [0, 0.1) is 5.92 Å². The van der Waals surface area contributed by atoms with Crippen LogP contribution in [0.25, 0.3) is 0 Å². The number of thioether (sulfide) groups is 1. The summed E-state index contributed by atoms with van der Waals surface area (Å²) in [5.74, 6) is 3.64. The summed E-state index contributed by atoms with van der Waals surface area (Å²) in [7, 11) is 0. The molecule has 0 spiro atoms. The summed E-state index contributed by atoms with van der Waals surface area (Å²) < 4.78 is 0. The number of carbonyl (C=O) groups is 1. The van der Waals surface area contributed by atoms with E-state index in [0.29, 0.717) is 11.9 Å². The van der Waals surface area contributed by atoms with E-state index in [9.17, 15) is 4.79 Å². The van der Waals surface area contributed by atoms with Gasteiger partial charge in [0.1, 0.15) is 0 Å². The van der Waals surface area contributed by atoms with E-state index in [1.54, 1.807) is 0 Å². The molecule has 3 nitrogen and oxygen atoms in total. The van der Waals surface area contributed by atoms with Gasteiger partial charge in [-0.3, -0.25) is 4.79 Å². The van der Waals surface area contributed by atoms with Gasteiger partial charge in [-0.05, 0) is 50.4 Å². The zero-order valence-electron chi connectivity index (χ0n) is 14.7. The zero-order valence-corrected chi connectivity index (χ0v) is 15.5. The Balaban J connectivity index is 1.51. The standard InChI is InChI=1S/C19H34N2OS/c22-19(10-9-17-7-2-1-3-8-17)21-13-6-14-23-16-18(21)15-20-11-4-5-12-20/h17-18H,1-16H2. The maximum absolute atomic E-state index is 12.9. The molecule has 0 bridgehead atoms. The molecule has 0 aromatic carbocycles. The van der Waals surface area contributed by atoms with Gasteiger partial charge in [-0.25, -0.2) is 0 Å². The highest BCUT2D eigenvalue weighted by Gasteiger charge is 2.28. The molecule has 2 saturated heterocycles. The van der Waals surface area contributed by atoms with Crippen LogP contribution in [0.1, 0.15) is 64.2 Å². The minimum absolute atomic E-state index is 0.447. The summed E-state index contributed by atoms with van der Waals surface area (Å²) in [5.41, 5.74) is 0. The predicted octanol–water partition coefficient (Wildman–Crippen LogP) is 3.78. The third kappa shape index (κ3) is 5.38. The Morgan fingerprint density at radius 3 is 2.52 bits per heavy atom. The van der Waals surface area contributed by atoms with Crippen LogP contribution in [0.5, 0.6) is 0 Å². The van der Waals surface area contributed by atoms with Gasteiger partial charge in [0.2, 0.25) is 5.91 Å². The molecule has 132 valence electrons. The number of likely N-dealkylation sites (tertiary alicyclic amines) is 1. The van der Waals surface area contributed by atoms with E-state index in [1.165, 1.54) is 70.2 Å². The van der Waals surface area contributed by atoms with Gasteiger partial charge in [0.15, 0.2) is 0 Å². The zero-order chi connectivity index (χ0) is 15.9. The average molecular weight is 339 g/mol. The van der Waals surface area contributed by atoms with Gasteiger partial charge in [0, 0.05) is 25.3 Å². The minimum atomic E-state index is 0.447. The molecular formula is C19H34N2OS. The number of hydrogen-bond donors (Lipinski definition) is 0. The van der Waals surface area contributed by atoms with Crippen molar-refractivity contribution in [2.75, 3.05) is 37.7 Å². The Bertz CT molecular complexity index is 364. The summed E-state index contributed by atoms with van der Waals surface area (Å²) in [6.45, 7) is 4.59. The van der Waals surface area contributed by atoms with E-state index >= 15 is 0 Å². The number of hydrogen-bond acceptors (Lipinski definition) is 3. The Morgan fingerprint density at radius 2 is 1.74 bits per heavy atom. The first-order valence-corrected chi connectivity index (χ1v) is 11.1. The van der Waals surface area contributed by atoms with Crippen molar-refractivity contribution in [3.05, 3.63) is 0 Å². The molecule has 2 aliphatic heterocycles. The van der Waals surface area contributed by atoms with Crippen LogP contribution in [0.4, 0.5) is 0 Å². The van der Waals surface area contributed by atoms with Gasteiger partial charge in [-0.1, -0.05) is 32.1 Å². The predicted molar refractivity (Wildman–Crippen MR) is 98.9 cm³/mol. The second kappa shape index (κ2) is 9.31. The third-order valence-electron chi connectivity index (χ3n) is 5.92. The van der Waals surface area contributed by atoms with Crippen molar-refractivity contribution in [3.63, 3.8) is 0 Å². The number of amides is 1. The molecule has 1 unspecified atom stereocenters. The van der Waals surface area contributed by atoms with Gasteiger partial charge < -0.3 is 9.80 Å². The highest BCUT2D eigenvalue weighted by Crippen LogP contribution is 2.28. The Kier molecular flexibility index (Phi) is 7.12. The van der Waals surface area contributed by atoms with Crippen LogP contribution >= 0.6 is 11.8 Å². The maximum atomic E-state index is 12.9. The van der Waals surface area contributed by atoms with Crippen LogP contribution < -0.4 is 0 Å². The van der Waals surface area contributed by atoms with Crippen molar-refractivity contribution in [2.24, 2.45) is 5.92 Å². The quantitative estimate of drug-likeness (QED) is 0.762. The molecule has 3 aliphatic rings. The van der Waals surface area contributed by atoms with E-state index in [2.05, 4.69) is 21.6 Å². The van der Waals surface area contributed by atoms with E-state index in [-0.39, 0.29) is 0 Å². The molecule has 3 rings (SSSR count). The summed E-state index contributed by atoms with van der Waals surface area (Å²) >= 11 is 2.05. The minimum Gasteiger partial charge on any atom is -0.338 e. The van der Waals surface area contributed by atoms with Crippen LogP contribution in [0.15, 0.2) is 0 Å². The van der Waals surface area contributed by atoms with Crippen molar-refractivity contribution < 1.29 is 4.79 Å². The van der Waals surface area contributed by atoms with Crippen molar-refractivity contribution >= 4 is 17.7 Å². The molecule has 0 radical (unpaired) electrons. The first-order chi connectivity index (χ1) is 11.3. The lowest BCUT2D eigenvalue weighted by Crippen LogP contribution is -2.47. The van der Waals surface area contributed by atoms with E-state index < -0.39 is 0 Å². The van der Waals surface area contributed by atoms with Gasteiger partial charge in [-0.2, -0.15) is 11.8 Å². The number of nitrogens with zero attached hydrogens (tertiary/aromatic N) is 2. The SMILES string of the molecule is O=C(CCC1CCCCC1)N1CCCSCC1CN1CCCC1. The van der Waals surface area contributed by atoms with Gasteiger partial charge >= 0.3 is 0 Å². The summed E-state index contributed by atoms with van der Waals surface area (Å²) in [6.07, 6.45) is 12.7. The normalized spacial score (nSPS) is 28.0. The largest absolute Gasteiger partial charge is 0.338 e. The smallest absolute Gasteiger partial charge is 0.222 e. The summed E-state index contributed by atoms with van der Waals surface area (Å²) in [4.78, 5) is 17.7. The third-order valence-corrected chi connectivity index (χ3v) is 7.12. The lowest BCUT2D eigenvalue weighted by atomic mass is 9.86. The van der Waals surface area contributed by atoms with Gasteiger partial charge in [0.05, 0.1) is 6.04 Å². The van der Waals surface area contributed by atoms with Crippen molar-refractivity contribution in [3.8, 4) is 0 Å². The van der Waals surface area contributed by atoms with Gasteiger partial charge in [-0.15, -0.1) is 0 Å². The second-order valence-corrected chi connectivity index (χ2v) is 8.87. The monoisotopic (exact) mass is 338 g/mol. The van der Waals surface area contributed by atoms with Crippen LogP contribution in [0.2, 0.25) is 0 Å². The number of carbonyl (C=O) groups excluding carboxylic acids is 1. The highest BCUT2D eigenvalue weighted by atomic mass is 32.2. The molecule has 1 atom stereocenters. The van der Waals surface area contributed by atoms with Crippen LogP contribution in [-0.2, 0) is 4.79 Å². The van der Waals surface area contributed by atoms with Crippen molar-refractivity contribution in [2.45, 2.75) is 70.3 Å². The highest BCUT2D eigenvalue weighted by molar-refractivity contribution is 7.99. The van der Waals surface area contributed by atoms with E-state index in [0.717, 1.165) is 37.6 Å². The molecule has 1 saturated carbocycles. The lowest BCUT2D eigenvalue weighted by molar-refractivity contribution is -0.133. The van der Waals surface area contributed by atoms with Crippen LogP contribution in [-0.4, -0.2) is 59.4 Å². The molecule has 0 aromatic rings. The fraction of sp³-hybridized carbons (Fsp3) is 0.947. The van der Waals surface area contributed by atoms with Crippen molar-refractivity contribution in [1.82, 2.24) is 9.80 Å². The number of rotatable bonds is 5. The average Bonchev–Trinajstić information content (AvgIpc) is 2.98. The molecule has 0 aromatic heterocycles. The Labute approximate surface area is 146 Å². The topological polar surface area (TPSA) is 23.6 Å². The van der Waals surface area contributed by atoms with Crippen LogP contribution in [0.3, 0.4) is 0 Å². The molecule has 1 aliphatic carbocycles. The maximum Gasteiger partial charge on any atom is 0.222 e. The van der Waals surface area contributed by atoms with Crippen molar-refractivity contribution in [1.29, 1.82) is 0 Å². The lowest BCUT2D eigenvalue weighted by Gasteiger charge is -2.33. The molecule has 3 fully saturated rings. The fourth-order valence-corrected chi connectivity index (χ4v) is 5.58. The Hall–Kier alpha value is -0.220. The first kappa shape index (κ1) is 17.6. The first-order valence-electron chi connectivity index (χ1n) is 9.92. The Morgan fingerprint density at radius 1 is 0.957 bits per heavy atom. The molecular weight excluding hydrogens is 304 g/mol. The fourth-order valence-electron chi connectivity index (χ4n) is 4.52. The molecule has 4 heteroatoms. The second-order valence-electron chi connectivity index (χ2n) is 7.72. The molecule has 1 amide bonds. The van der Waals surface area contributed by atoms with Gasteiger partial charge in [0.25, 0.3) is 0 Å². The molecule has 0 N–H and O–H groups in total. The summed E-state index contributed by atoms with van der Waals surface area (Å²) in [6, 6.07) is 0.458.